The van der Waals surface area contributed by atoms with Crippen LogP contribution in [0.15, 0.2) is 58.6 Å². The van der Waals surface area contributed by atoms with E-state index >= 15 is 0 Å². The summed E-state index contributed by atoms with van der Waals surface area (Å²) in [5.74, 6) is -2.40. The smallest absolute Gasteiger partial charge is 0.272 e. The summed E-state index contributed by atoms with van der Waals surface area (Å²) in [6.07, 6.45) is -0.682. The second kappa shape index (κ2) is 10.7. The third-order valence-electron chi connectivity index (χ3n) is 5.01. The Morgan fingerprint density at radius 3 is 2.62 bits per heavy atom. The van der Waals surface area contributed by atoms with E-state index in [0.29, 0.717) is 18.4 Å². The molecule has 1 aliphatic rings. The fraction of sp³-hybridized carbons (Fsp3) is 0.304. The van der Waals surface area contributed by atoms with Gasteiger partial charge in [0.15, 0.2) is 5.96 Å². The standard InChI is InChI=1S/C23H25F2N5O3S/c1-14(31)21(33)30-23(16-7-4-3-5-8-16,11-6-12-27-22(26)28-15(2)32)34-20(29-30)18-13-17(24)9-10-19(18)25/h3-5,7-10,13-14,31H,6,11-12H2,1-2H3,(H3,26,27,28,32)/t14-,23?/m0/s1. The molecule has 0 spiro atoms. The molecule has 0 saturated heterocycles. The number of carbonyl (C=O) groups is 2. The monoisotopic (exact) mass is 489 g/mol. The summed E-state index contributed by atoms with van der Waals surface area (Å²) in [5.41, 5.74) is 6.27. The number of halogens is 2. The van der Waals surface area contributed by atoms with E-state index in [-0.39, 0.29) is 29.0 Å². The maximum absolute atomic E-state index is 14.6. The van der Waals surface area contributed by atoms with Crippen LogP contribution in [0.2, 0.25) is 0 Å². The number of aliphatic hydroxyl groups is 1. The van der Waals surface area contributed by atoms with Gasteiger partial charge in [-0.1, -0.05) is 42.1 Å². The number of rotatable bonds is 7. The summed E-state index contributed by atoms with van der Waals surface area (Å²) in [5, 5.41) is 18.0. The van der Waals surface area contributed by atoms with Gasteiger partial charge in [-0.15, -0.1) is 0 Å². The van der Waals surface area contributed by atoms with E-state index in [2.05, 4.69) is 15.4 Å². The molecule has 180 valence electrons. The number of aliphatic imine (C=N–C) groups is 1. The van der Waals surface area contributed by atoms with Crippen LogP contribution in [0.25, 0.3) is 0 Å². The lowest BCUT2D eigenvalue weighted by molar-refractivity contribution is -0.143. The van der Waals surface area contributed by atoms with Gasteiger partial charge in [0.1, 0.15) is 27.7 Å². The predicted octanol–water partition coefficient (Wildman–Crippen LogP) is 2.67. The molecule has 34 heavy (non-hydrogen) atoms. The van der Waals surface area contributed by atoms with E-state index in [0.717, 1.165) is 35.0 Å². The van der Waals surface area contributed by atoms with E-state index in [1.54, 1.807) is 24.3 Å². The van der Waals surface area contributed by atoms with Gasteiger partial charge in [0, 0.05) is 19.0 Å². The first-order chi connectivity index (χ1) is 16.1. The maximum Gasteiger partial charge on any atom is 0.272 e. The van der Waals surface area contributed by atoms with E-state index in [4.69, 9.17) is 5.73 Å². The van der Waals surface area contributed by atoms with Crippen molar-refractivity contribution in [2.24, 2.45) is 15.8 Å². The number of nitrogens with zero attached hydrogens (tertiary/aromatic N) is 3. The lowest BCUT2D eigenvalue weighted by Crippen LogP contribution is -2.45. The average molecular weight is 490 g/mol. The Morgan fingerprint density at radius 1 is 1.26 bits per heavy atom. The van der Waals surface area contributed by atoms with Crippen molar-refractivity contribution >= 4 is 34.6 Å². The first-order valence-corrected chi connectivity index (χ1v) is 11.3. The van der Waals surface area contributed by atoms with Gasteiger partial charge in [0.05, 0.1) is 0 Å². The third kappa shape index (κ3) is 5.60. The zero-order chi connectivity index (χ0) is 24.9. The molecule has 2 atom stereocenters. The van der Waals surface area contributed by atoms with E-state index < -0.39 is 28.5 Å². The van der Waals surface area contributed by atoms with Crippen LogP contribution in [-0.4, -0.2) is 45.6 Å². The summed E-state index contributed by atoms with van der Waals surface area (Å²) in [7, 11) is 0. The molecular weight excluding hydrogens is 464 g/mol. The van der Waals surface area contributed by atoms with Crippen LogP contribution >= 0.6 is 11.8 Å². The van der Waals surface area contributed by atoms with Crippen LogP contribution in [0.3, 0.4) is 0 Å². The number of hydrogen-bond acceptors (Lipinski definition) is 6. The lowest BCUT2D eigenvalue weighted by atomic mass is 10.00. The molecule has 0 bridgehead atoms. The van der Waals surface area contributed by atoms with Crippen molar-refractivity contribution < 1.29 is 23.5 Å². The second-order valence-corrected chi connectivity index (χ2v) is 8.93. The van der Waals surface area contributed by atoms with E-state index in [1.807, 2.05) is 6.07 Å². The number of nitrogens with one attached hydrogen (secondary N) is 1. The van der Waals surface area contributed by atoms with E-state index in [9.17, 15) is 23.5 Å². The molecule has 0 saturated carbocycles. The van der Waals surface area contributed by atoms with Crippen LogP contribution in [0.1, 0.15) is 37.8 Å². The number of amides is 2. The average Bonchev–Trinajstić information content (AvgIpc) is 3.18. The zero-order valence-corrected chi connectivity index (χ0v) is 19.5. The molecule has 8 nitrogen and oxygen atoms in total. The summed E-state index contributed by atoms with van der Waals surface area (Å²) < 4.78 is 28.5. The first kappa shape index (κ1) is 25.3. The molecule has 3 rings (SSSR count). The number of aliphatic hydroxyl groups excluding tert-OH is 1. The summed E-state index contributed by atoms with van der Waals surface area (Å²) in [6, 6.07) is 12.0. The van der Waals surface area contributed by atoms with Crippen molar-refractivity contribution in [1.29, 1.82) is 0 Å². The summed E-state index contributed by atoms with van der Waals surface area (Å²) in [4.78, 5) is 27.1. The van der Waals surface area contributed by atoms with Crippen LogP contribution in [0.4, 0.5) is 8.78 Å². The SMILES string of the molecule is CC(=O)NC(N)=NCCCC1(c2ccccc2)SC(c2cc(F)ccc2F)=NN1C(=O)[C@H](C)O. The molecule has 0 aliphatic carbocycles. The van der Waals surface area contributed by atoms with Crippen LogP contribution in [0, 0.1) is 11.6 Å². The van der Waals surface area contributed by atoms with Gasteiger partial charge >= 0.3 is 0 Å². The van der Waals surface area contributed by atoms with Crippen molar-refractivity contribution in [2.75, 3.05) is 6.54 Å². The molecule has 0 fully saturated rings. The molecule has 2 aromatic carbocycles. The van der Waals surface area contributed by atoms with Crippen molar-refractivity contribution in [3.05, 3.63) is 71.3 Å². The van der Waals surface area contributed by atoms with Crippen molar-refractivity contribution in [2.45, 2.75) is 37.7 Å². The van der Waals surface area contributed by atoms with Gasteiger partial charge in [0.25, 0.3) is 5.91 Å². The summed E-state index contributed by atoms with van der Waals surface area (Å²) in [6.45, 7) is 2.85. The highest BCUT2D eigenvalue weighted by atomic mass is 32.2. The molecule has 0 aromatic heterocycles. The fourth-order valence-corrected chi connectivity index (χ4v) is 4.92. The van der Waals surface area contributed by atoms with Crippen LogP contribution in [-0.2, 0) is 14.5 Å². The number of guanidine groups is 1. The number of carbonyl (C=O) groups excluding carboxylic acids is 2. The van der Waals surface area contributed by atoms with Crippen molar-refractivity contribution in [1.82, 2.24) is 10.3 Å². The highest BCUT2D eigenvalue weighted by Gasteiger charge is 2.49. The number of hydrazone groups is 1. The predicted molar refractivity (Wildman–Crippen MR) is 127 cm³/mol. The zero-order valence-electron chi connectivity index (χ0n) is 18.7. The summed E-state index contributed by atoms with van der Waals surface area (Å²) >= 11 is 1.10. The van der Waals surface area contributed by atoms with Gasteiger partial charge in [0.2, 0.25) is 5.91 Å². The highest BCUT2D eigenvalue weighted by Crippen LogP contribution is 2.50. The molecule has 1 unspecified atom stereocenters. The first-order valence-electron chi connectivity index (χ1n) is 10.5. The topological polar surface area (TPSA) is 120 Å². The quantitative estimate of drug-likeness (QED) is 0.314. The number of hydrogen-bond donors (Lipinski definition) is 3. The minimum Gasteiger partial charge on any atom is -0.383 e. The Hall–Kier alpha value is -3.31. The Balaban J connectivity index is 2.01. The van der Waals surface area contributed by atoms with Gasteiger partial charge < -0.3 is 10.8 Å². The van der Waals surface area contributed by atoms with Crippen molar-refractivity contribution in [3.8, 4) is 0 Å². The Bertz CT molecular complexity index is 1130. The Kier molecular flexibility index (Phi) is 8.00. The van der Waals surface area contributed by atoms with Crippen molar-refractivity contribution in [3.63, 3.8) is 0 Å². The highest BCUT2D eigenvalue weighted by molar-refractivity contribution is 8.15. The molecular formula is C23H25F2N5O3S. The van der Waals surface area contributed by atoms with Crippen LogP contribution in [0.5, 0.6) is 0 Å². The lowest BCUT2D eigenvalue weighted by Gasteiger charge is -2.36. The third-order valence-corrected chi connectivity index (χ3v) is 6.45. The maximum atomic E-state index is 14.6. The molecule has 11 heteroatoms. The largest absolute Gasteiger partial charge is 0.383 e. The fourth-order valence-electron chi connectivity index (χ4n) is 3.49. The molecule has 0 radical (unpaired) electrons. The van der Waals surface area contributed by atoms with Gasteiger partial charge in [-0.3, -0.25) is 19.9 Å². The van der Waals surface area contributed by atoms with Gasteiger partial charge in [-0.25, -0.2) is 13.8 Å². The normalized spacial score (nSPS) is 19.0. The Labute approximate surface area is 199 Å². The molecule has 1 aliphatic heterocycles. The minimum absolute atomic E-state index is 0.0315. The van der Waals surface area contributed by atoms with Gasteiger partial charge in [-0.05, 0) is 43.5 Å². The number of benzene rings is 2. The molecule has 2 amide bonds. The number of thioether (sulfide) groups is 1. The minimum atomic E-state index is -1.38. The number of nitrogens with two attached hydrogens (primary N) is 1. The molecule has 1 heterocycles. The second-order valence-electron chi connectivity index (χ2n) is 7.66. The molecule has 4 N–H and O–H groups in total. The van der Waals surface area contributed by atoms with Crippen LogP contribution < -0.4 is 11.1 Å². The Morgan fingerprint density at radius 2 is 1.97 bits per heavy atom. The van der Waals surface area contributed by atoms with Gasteiger partial charge in [-0.2, -0.15) is 5.10 Å². The van der Waals surface area contributed by atoms with E-state index in [1.165, 1.54) is 13.8 Å². The molecule has 2 aromatic rings.